The summed E-state index contributed by atoms with van der Waals surface area (Å²) in [4.78, 5) is 0. The SMILES string of the molecule is C=CCSCCNCC1CCCOC1. The Morgan fingerprint density at radius 1 is 1.57 bits per heavy atom. The van der Waals surface area contributed by atoms with Crippen LogP contribution in [0.1, 0.15) is 12.8 Å². The zero-order chi connectivity index (χ0) is 10.1. The average Bonchev–Trinajstić information content (AvgIpc) is 2.25. The standard InChI is InChI=1S/C11H21NOS/c1-2-7-14-8-5-12-9-11-4-3-6-13-10-11/h2,11-12H,1,3-10H2. The van der Waals surface area contributed by atoms with Gasteiger partial charge >= 0.3 is 0 Å². The van der Waals surface area contributed by atoms with Gasteiger partial charge < -0.3 is 10.1 Å². The molecule has 1 saturated heterocycles. The lowest BCUT2D eigenvalue weighted by Crippen LogP contribution is -2.30. The average molecular weight is 215 g/mol. The van der Waals surface area contributed by atoms with E-state index in [-0.39, 0.29) is 0 Å². The summed E-state index contributed by atoms with van der Waals surface area (Å²) in [6, 6.07) is 0. The number of rotatable bonds is 7. The highest BCUT2D eigenvalue weighted by molar-refractivity contribution is 7.99. The van der Waals surface area contributed by atoms with E-state index in [1.807, 2.05) is 17.8 Å². The van der Waals surface area contributed by atoms with E-state index < -0.39 is 0 Å². The molecule has 0 amide bonds. The molecule has 2 nitrogen and oxygen atoms in total. The second kappa shape index (κ2) is 8.33. The lowest BCUT2D eigenvalue weighted by atomic mass is 10.0. The molecule has 0 aromatic rings. The van der Waals surface area contributed by atoms with Gasteiger partial charge in [-0.3, -0.25) is 0 Å². The third-order valence-corrected chi connectivity index (χ3v) is 3.31. The van der Waals surface area contributed by atoms with Gasteiger partial charge in [-0.15, -0.1) is 6.58 Å². The molecule has 14 heavy (non-hydrogen) atoms. The van der Waals surface area contributed by atoms with E-state index in [4.69, 9.17) is 4.74 Å². The Morgan fingerprint density at radius 2 is 2.50 bits per heavy atom. The first-order valence-corrected chi connectivity index (χ1v) is 6.56. The summed E-state index contributed by atoms with van der Waals surface area (Å²) in [7, 11) is 0. The van der Waals surface area contributed by atoms with Crippen LogP contribution < -0.4 is 5.32 Å². The predicted molar refractivity (Wildman–Crippen MR) is 63.9 cm³/mol. The van der Waals surface area contributed by atoms with E-state index in [1.54, 1.807) is 0 Å². The number of hydrogen-bond donors (Lipinski definition) is 1. The molecule has 0 saturated carbocycles. The predicted octanol–water partition coefficient (Wildman–Crippen LogP) is 1.92. The van der Waals surface area contributed by atoms with Gasteiger partial charge in [-0.05, 0) is 18.8 Å². The van der Waals surface area contributed by atoms with E-state index in [2.05, 4.69) is 11.9 Å². The van der Waals surface area contributed by atoms with E-state index in [0.717, 1.165) is 38.0 Å². The van der Waals surface area contributed by atoms with Gasteiger partial charge in [0.05, 0.1) is 6.61 Å². The van der Waals surface area contributed by atoms with Crippen molar-refractivity contribution < 1.29 is 4.74 Å². The molecule has 1 fully saturated rings. The van der Waals surface area contributed by atoms with Gasteiger partial charge in [0.2, 0.25) is 0 Å². The van der Waals surface area contributed by atoms with Crippen molar-refractivity contribution >= 4 is 11.8 Å². The lowest BCUT2D eigenvalue weighted by Gasteiger charge is -2.22. The molecule has 0 spiro atoms. The van der Waals surface area contributed by atoms with Crippen molar-refractivity contribution in [2.24, 2.45) is 5.92 Å². The fourth-order valence-corrected chi connectivity index (χ4v) is 2.21. The summed E-state index contributed by atoms with van der Waals surface area (Å²) < 4.78 is 5.42. The summed E-state index contributed by atoms with van der Waals surface area (Å²) in [5.41, 5.74) is 0. The molecule has 0 radical (unpaired) electrons. The number of ether oxygens (including phenoxy) is 1. The molecule has 1 aliphatic rings. The first-order valence-electron chi connectivity index (χ1n) is 5.40. The van der Waals surface area contributed by atoms with Crippen molar-refractivity contribution in [3.05, 3.63) is 12.7 Å². The molecule has 0 aromatic carbocycles. The highest BCUT2D eigenvalue weighted by Crippen LogP contribution is 2.11. The van der Waals surface area contributed by atoms with Crippen molar-refractivity contribution in [2.45, 2.75) is 12.8 Å². The van der Waals surface area contributed by atoms with Crippen molar-refractivity contribution in [2.75, 3.05) is 37.8 Å². The zero-order valence-electron chi connectivity index (χ0n) is 8.84. The third-order valence-electron chi connectivity index (χ3n) is 2.35. The summed E-state index contributed by atoms with van der Waals surface area (Å²) in [5.74, 6) is 2.99. The Kier molecular flexibility index (Phi) is 7.19. The zero-order valence-corrected chi connectivity index (χ0v) is 9.65. The first-order chi connectivity index (χ1) is 6.93. The highest BCUT2D eigenvalue weighted by Gasteiger charge is 2.12. The lowest BCUT2D eigenvalue weighted by molar-refractivity contribution is 0.0551. The van der Waals surface area contributed by atoms with E-state index in [0.29, 0.717) is 0 Å². The van der Waals surface area contributed by atoms with Crippen LogP contribution in [0.15, 0.2) is 12.7 Å². The van der Waals surface area contributed by atoms with Crippen LogP contribution in [-0.4, -0.2) is 37.8 Å². The second-order valence-electron chi connectivity index (χ2n) is 3.65. The molecule has 0 aliphatic carbocycles. The van der Waals surface area contributed by atoms with Crippen LogP contribution in [0.5, 0.6) is 0 Å². The van der Waals surface area contributed by atoms with Gasteiger partial charge in [-0.2, -0.15) is 11.8 Å². The normalized spacial score (nSPS) is 22.1. The first kappa shape index (κ1) is 12.1. The molecule has 1 rings (SSSR count). The minimum atomic E-state index is 0.744. The van der Waals surface area contributed by atoms with Gasteiger partial charge in [0, 0.05) is 31.2 Å². The maximum Gasteiger partial charge on any atom is 0.0506 e. The number of thioether (sulfide) groups is 1. The second-order valence-corrected chi connectivity index (χ2v) is 4.80. The molecule has 0 aromatic heterocycles. The molecule has 3 heteroatoms. The molecule has 82 valence electrons. The molecular weight excluding hydrogens is 194 g/mol. The van der Waals surface area contributed by atoms with Crippen LogP contribution >= 0.6 is 11.8 Å². The Balaban J connectivity index is 1.85. The topological polar surface area (TPSA) is 21.3 Å². The summed E-state index contributed by atoms with van der Waals surface area (Å²) in [6.45, 7) is 7.84. The van der Waals surface area contributed by atoms with Crippen molar-refractivity contribution in [1.82, 2.24) is 5.32 Å². The monoisotopic (exact) mass is 215 g/mol. The van der Waals surface area contributed by atoms with Crippen LogP contribution in [0, 0.1) is 5.92 Å². The van der Waals surface area contributed by atoms with E-state index in [9.17, 15) is 0 Å². The van der Waals surface area contributed by atoms with Crippen LogP contribution in [-0.2, 0) is 4.74 Å². The van der Waals surface area contributed by atoms with Crippen molar-refractivity contribution in [3.8, 4) is 0 Å². The quantitative estimate of drug-likeness (QED) is 0.518. The smallest absolute Gasteiger partial charge is 0.0506 e. The summed E-state index contributed by atoms with van der Waals surface area (Å²) in [6.07, 6.45) is 4.52. The van der Waals surface area contributed by atoms with Gasteiger partial charge in [0.15, 0.2) is 0 Å². The molecule has 1 unspecified atom stereocenters. The summed E-state index contributed by atoms with van der Waals surface area (Å²) >= 11 is 1.93. The molecule has 1 aliphatic heterocycles. The van der Waals surface area contributed by atoms with E-state index in [1.165, 1.54) is 18.6 Å². The Morgan fingerprint density at radius 3 is 3.21 bits per heavy atom. The number of hydrogen-bond acceptors (Lipinski definition) is 3. The Hall–Kier alpha value is 0.01000. The van der Waals surface area contributed by atoms with Crippen molar-refractivity contribution in [1.29, 1.82) is 0 Å². The highest BCUT2D eigenvalue weighted by atomic mass is 32.2. The molecular formula is C11H21NOS. The fraction of sp³-hybridized carbons (Fsp3) is 0.818. The van der Waals surface area contributed by atoms with Crippen LogP contribution in [0.4, 0.5) is 0 Å². The Bertz CT molecular complexity index is 146. The largest absolute Gasteiger partial charge is 0.381 e. The molecule has 1 heterocycles. The Labute approximate surface area is 91.5 Å². The van der Waals surface area contributed by atoms with E-state index >= 15 is 0 Å². The minimum absolute atomic E-state index is 0.744. The molecule has 1 N–H and O–H groups in total. The maximum atomic E-state index is 5.42. The summed E-state index contributed by atoms with van der Waals surface area (Å²) in [5, 5.41) is 3.48. The third kappa shape index (κ3) is 5.68. The fourth-order valence-electron chi connectivity index (χ4n) is 1.59. The number of nitrogens with one attached hydrogen (secondary N) is 1. The van der Waals surface area contributed by atoms with Crippen LogP contribution in [0.3, 0.4) is 0 Å². The van der Waals surface area contributed by atoms with Gasteiger partial charge in [-0.1, -0.05) is 6.08 Å². The van der Waals surface area contributed by atoms with Crippen LogP contribution in [0.2, 0.25) is 0 Å². The van der Waals surface area contributed by atoms with Crippen molar-refractivity contribution in [3.63, 3.8) is 0 Å². The molecule has 1 atom stereocenters. The molecule has 0 bridgehead atoms. The maximum absolute atomic E-state index is 5.42. The van der Waals surface area contributed by atoms with Gasteiger partial charge in [0.1, 0.15) is 0 Å². The van der Waals surface area contributed by atoms with Gasteiger partial charge in [0.25, 0.3) is 0 Å². The van der Waals surface area contributed by atoms with Crippen LogP contribution in [0.25, 0.3) is 0 Å². The minimum Gasteiger partial charge on any atom is -0.381 e. The van der Waals surface area contributed by atoms with Gasteiger partial charge in [-0.25, -0.2) is 0 Å².